The molecule has 3 rings (SSSR count). The number of benzene rings is 2. The molecule has 0 saturated heterocycles. The molecule has 0 fully saturated rings. The molecule has 1 heterocycles. The smallest absolute Gasteiger partial charge is 0.341 e. The summed E-state index contributed by atoms with van der Waals surface area (Å²) in [5.74, 6) is -2.06. The minimum atomic E-state index is -1.40. The van der Waals surface area contributed by atoms with Crippen molar-refractivity contribution in [1.29, 1.82) is 0 Å². The number of hydrogen-bond acceptors (Lipinski definition) is 4. The molecule has 0 unspecified atom stereocenters. The third kappa shape index (κ3) is 2.50. The van der Waals surface area contributed by atoms with E-state index in [-0.39, 0.29) is 5.56 Å². The number of nitrogens with zero attached hydrogens (tertiary/aromatic N) is 1. The van der Waals surface area contributed by atoms with Gasteiger partial charge >= 0.3 is 5.97 Å². The number of carboxylic acids is 1. The minimum Gasteiger partial charge on any atom is -0.477 e. The van der Waals surface area contributed by atoms with E-state index >= 15 is 0 Å². The van der Waals surface area contributed by atoms with E-state index in [0.29, 0.717) is 22.8 Å². The first-order valence-corrected chi connectivity index (χ1v) is 7.01. The summed E-state index contributed by atoms with van der Waals surface area (Å²) in [6.07, 6.45) is 0.640. The molecule has 3 aromatic rings. The summed E-state index contributed by atoms with van der Waals surface area (Å²) in [5, 5.41) is 9.67. The average molecular weight is 321 g/mol. The molecule has 0 aliphatic heterocycles. The second-order valence-electron chi connectivity index (χ2n) is 5.11. The highest BCUT2D eigenvalue weighted by molar-refractivity contribution is 6.03. The third-order valence-electron chi connectivity index (χ3n) is 3.64. The van der Waals surface area contributed by atoms with Gasteiger partial charge in [0.25, 0.3) is 11.5 Å². The van der Waals surface area contributed by atoms with Crippen molar-refractivity contribution in [2.75, 3.05) is 0 Å². The zero-order chi connectivity index (χ0) is 17.3. The lowest BCUT2D eigenvalue weighted by Gasteiger charge is -2.10. The van der Waals surface area contributed by atoms with E-state index in [0.717, 1.165) is 4.57 Å². The maximum atomic E-state index is 12.7. The van der Waals surface area contributed by atoms with E-state index in [2.05, 4.69) is 0 Å². The van der Waals surface area contributed by atoms with Gasteiger partial charge in [0.1, 0.15) is 11.8 Å². The number of carbonyl (C=O) groups excluding carboxylic acids is 2. The number of aldehydes is 1. The first kappa shape index (κ1) is 15.4. The van der Waals surface area contributed by atoms with Crippen LogP contribution in [-0.4, -0.2) is 27.8 Å². The van der Waals surface area contributed by atoms with Crippen molar-refractivity contribution in [3.8, 4) is 0 Å². The third-order valence-corrected chi connectivity index (χ3v) is 3.64. The molecule has 0 bridgehead atoms. The summed E-state index contributed by atoms with van der Waals surface area (Å²) < 4.78 is 0.842. The Kier molecular flexibility index (Phi) is 3.79. The first-order chi connectivity index (χ1) is 11.5. The molecule has 118 valence electrons. The maximum absolute atomic E-state index is 12.7. The fourth-order valence-electron chi connectivity index (χ4n) is 2.45. The Bertz CT molecular complexity index is 1030. The Balaban J connectivity index is 2.28. The Morgan fingerprint density at radius 2 is 1.67 bits per heavy atom. The normalized spacial score (nSPS) is 10.5. The maximum Gasteiger partial charge on any atom is 0.341 e. The van der Waals surface area contributed by atoms with Crippen molar-refractivity contribution >= 4 is 29.1 Å². The SMILES string of the molecule is O=Cc1ccc(C(=O)n2c(=O)c(C(=O)O)cc3ccccc32)cc1. The van der Waals surface area contributed by atoms with Gasteiger partial charge in [0.05, 0.1) is 5.52 Å². The van der Waals surface area contributed by atoms with Crippen LogP contribution in [0, 0.1) is 0 Å². The van der Waals surface area contributed by atoms with Crippen molar-refractivity contribution in [2.45, 2.75) is 0 Å². The van der Waals surface area contributed by atoms with Gasteiger partial charge in [-0.25, -0.2) is 9.36 Å². The molecule has 0 saturated carbocycles. The fraction of sp³-hybridized carbons (Fsp3) is 0. The van der Waals surface area contributed by atoms with Crippen LogP contribution in [-0.2, 0) is 0 Å². The van der Waals surface area contributed by atoms with Crippen molar-refractivity contribution in [1.82, 2.24) is 4.57 Å². The summed E-state index contributed by atoms with van der Waals surface area (Å²) in [6.45, 7) is 0. The van der Waals surface area contributed by atoms with E-state index in [1.165, 1.54) is 30.3 Å². The van der Waals surface area contributed by atoms with Gasteiger partial charge in [0, 0.05) is 11.1 Å². The van der Waals surface area contributed by atoms with Gasteiger partial charge in [-0.05, 0) is 29.7 Å². The van der Waals surface area contributed by atoms with Gasteiger partial charge in [-0.2, -0.15) is 0 Å². The van der Waals surface area contributed by atoms with Crippen molar-refractivity contribution < 1.29 is 19.5 Å². The van der Waals surface area contributed by atoms with Gasteiger partial charge in [-0.15, -0.1) is 0 Å². The highest BCUT2D eigenvalue weighted by Gasteiger charge is 2.19. The van der Waals surface area contributed by atoms with Crippen LogP contribution in [0.2, 0.25) is 0 Å². The fourth-order valence-corrected chi connectivity index (χ4v) is 2.45. The van der Waals surface area contributed by atoms with Gasteiger partial charge in [0.2, 0.25) is 0 Å². The number of carboxylic acid groups (broad SMARTS) is 1. The van der Waals surface area contributed by atoms with Crippen LogP contribution in [0.4, 0.5) is 0 Å². The highest BCUT2D eigenvalue weighted by atomic mass is 16.4. The second kappa shape index (κ2) is 5.92. The summed E-state index contributed by atoms with van der Waals surface area (Å²) in [4.78, 5) is 47.2. The first-order valence-electron chi connectivity index (χ1n) is 7.01. The molecule has 6 heteroatoms. The van der Waals surface area contributed by atoms with Crippen LogP contribution in [0.1, 0.15) is 31.1 Å². The zero-order valence-electron chi connectivity index (χ0n) is 12.3. The van der Waals surface area contributed by atoms with Crippen LogP contribution in [0.5, 0.6) is 0 Å². The summed E-state index contributed by atoms with van der Waals surface area (Å²) in [5.41, 5.74) is -0.493. The van der Waals surface area contributed by atoms with E-state index in [4.69, 9.17) is 0 Å². The van der Waals surface area contributed by atoms with E-state index < -0.39 is 23.0 Å². The molecule has 0 amide bonds. The molecule has 0 radical (unpaired) electrons. The lowest BCUT2D eigenvalue weighted by atomic mass is 10.1. The number of rotatable bonds is 3. The predicted molar refractivity (Wildman–Crippen MR) is 86.7 cm³/mol. The molecule has 0 spiro atoms. The van der Waals surface area contributed by atoms with Crippen molar-refractivity contribution in [3.05, 3.63) is 81.6 Å². The van der Waals surface area contributed by atoms with Crippen LogP contribution in [0.15, 0.2) is 59.4 Å². The second-order valence-corrected chi connectivity index (χ2v) is 5.11. The Morgan fingerprint density at radius 1 is 1.00 bits per heavy atom. The molecule has 1 aromatic heterocycles. The number of fused-ring (bicyclic) bond motifs is 1. The highest BCUT2D eigenvalue weighted by Crippen LogP contribution is 2.15. The molecule has 0 atom stereocenters. The monoisotopic (exact) mass is 321 g/mol. The van der Waals surface area contributed by atoms with E-state index in [1.807, 2.05) is 0 Å². The van der Waals surface area contributed by atoms with Crippen LogP contribution in [0.25, 0.3) is 10.9 Å². The van der Waals surface area contributed by atoms with E-state index in [9.17, 15) is 24.3 Å². The van der Waals surface area contributed by atoms with Gasteiger partial charge in [-0.1, -0.05) is 30.3 Å². The molecule has 2 aromatic carbocycles. The molecule has 0 aliphatic carbocycles. The zero-order valence-corrected chi connectivity index (χ0v) is 12.3. The molecular weight excluding hydrogens is 310 g/mol. The molecule has 1 N–H and O–H groups in total. The topological polar surface area (TPSA) is 93.4 Å². The number of aromatic nitrogens is 1. The summed E-state index contributed by atoms with van der Waals surface area (Å²) in [6, 6.07) is 13.5. The Labute approximate surface area is 135 Å². The quantitative estimate of drug-likeness (QED) is 0.746. The minimum absolute atomic E-state index is 0.176. The van der Waals surface area contributed by atoms with Crippen LogP contribution < -0.4 is 5.56 Å². The predicted octanol–water partition coefficient (Wildman–Crippen LogP) is 2.20. The number of pyridine rings is 1. The molecular formula is C18H11NO5. The Hall–Kier alpha value is -3.54. The number of aromatic carboxylic acids is 1. The largest absolute Gasteiger partial charge is 0.477 e. The van der Waals surface area contributed by atoms with Crippen molar-refractivity contribution in [3.63, 3.8) is 0 Å². The van der Waals surface area contributed by atoms with E-state index in [1.54, 1.807) is 24.3 Å². The molecule has 0 aliphatic rings. The lowest BCUT2D eigenvalue weighted by Crippen LogP contribution is -2.31. The van der Waals surface area contributed by atoms with Gasteiger partial charge in [0.15, 0.2) is 0 Å². The standard InChI is InChI=1S/C18H11NO5/c20-10-11-5-7-12(8-6-11)16(21)19-15-4-2-1-3-13(15)9-14(17(19)22)18(23)24/h1-10H,(H,23,24). The summed E-state index contributed by atoms with van der Waals surface area (Å²) >= 11 is 0. The lowest BCUT2D eigenvalue weighted by molar-refractivity contribution is 0.0694. The molecule has 6 nitrogen and oxygen atoms in total. The van der Waals surface area contributed by atoms with Crippen LogP contribution in [0.3, 0.4) is 0 Å². The number of carbonyl (C=O) groups is 3. The number of para-hydroxylation sites is 1. The van der Waals surface area contributed by atoms with Crippen LogP contribution >= 0.6 is 0 Å². The van der Waals surface area contributed by atoms with Gasteiger partial charge < -0.3 is 5.11 Å². The van der Waals surface area contributed by atoms with Crippen molar-refractivity contribution in [2.24, 2.45) is 0 Å². The summed E-state index contributed by atoms with van der Waals surface area (Å²) in [7, 11) is 0. The molecule has 24 heavy (non-hydrogen) atoms. The Morgan fingerprint density at radius 3 is 2.29 bits per heavy atom. The number of hydrogen-bond donors (Lipinski definition) is 1. The van der Waals surface area contributed by atoms with Gasteiger partial charge in [-0.3, -0.25) is 14.4 Å². The average Bonchev–Trinajstić information content (AvgIpc) is 2.60.